The van der Waals surface area contributed by atoms with Gasteiger partial charge in [0.15, 0.2) is 5.11 Å². The quantitative estimate of drug-likeness (QED) is 0.209. The molecule has 182 valence electrons. The van der Waals surface area contributed by atoms with Gasteiger partial charge < -0.3 is 19.4 Å². The number of anilines is 1. The smallest absolute Gasteiger partial charge is 0.174 e. The fraction of sp³-hybridized carbons (Fsp3) is 0.0667. The van der Waals surface area contributed by atoms with Crippen LogP contribution in [0.15, 0.2) is 124 Å². The first-order chi connectivity index (χ1) is 18.2. The SMILES string of the molecule is S=C1N[C@H](c2ccccn2)[C@@H](c2ccc(-c3ccc(Br)cc3)o2)N1c1ccc(Oc2ccccc2)cc1. The van der Waals surface area contributed by atoms with Crippen LogP contribution in [0, 0.1) is 0 Å². The fourth-order valence-corrected chi connectivity index (χ4v) is 5.11. The van der Waals surface area contributed by atoms with E-state index in [1.807, 2.05) is 109 Å². The predicted octanol–water partition coefficient (Wildman–Crippen LogP) is 8.07. The van der Waals surface area contributed by atoms with Crippen LogP contribution >= 0.6 is 28.1 Å². The lowest BCUT2D eigenvalue weighted by Gasteiger charge is -2.26. The zero-order valence-electron chi connectivity index (χ0n) is 19.6. The van der Waals surface area contributed by atoms with Crippen molar-refractivity contribution in [1.82, 2.24) is 10.3 Å². The number of para-hydroxylation sites is 1. The number of aromatic nitrogens is 1. The zero-order valence-corrected chi connectivity index (χ0v) is 22.0. The number of furan rings is 1. The molecule has 1 aliphatic heterocycles. The van der Waals surface area contributed by atoms with Gasteiger partial charge in [-0.2, -0.15) is 0 Å². The molecule has 37 heavy (non-hydrogen) atoms. The van der Waals surface area contributed by atoms with Crippen molar-refractivity contribution >= 4 is 38.9 Å². The van der Waals surface area contributed by atoms with E-state index in [1.165, 1.54) is 0 Å². The first-order valence-electron chi connectivity index (χ1n) is 11.8. The summed E-state index contributed by atoms with van der Waals surface area (Å²) in [5.74, 6) is 3.14. The molecule has 3 heterocycles. The number of nitrogens with zero attached hydrogens (tertiary/aromatic N) is 2. The van der Waals surface area contributed by atoms with Crippen molar-refractivity contribution in [2.24, 2.45) is 0 Å². The molecule has 5 nitrogen and oxygen atoms in total. The van der Waals surface area contributed by atoms with E-state index in [2.05, 4.69) is 31.1 Å². The minimum absolute atomic E-state index is 0.183. The first-order valence-corrected chi connectivity index (χ1v) is 13.1. The van der Waals surface area contributed by atoms with E-state index in [4.69, 9.17) is 21.4 Å². The van der Waals surface area contributed by atoms with Gasteiger partial charge in [0.2, 0.25) is 0 Å². The maximum atomic E-state index is 6.44. The van der Waals surface area contributed by atoms with Crippen LogP contribution in [-0.4, -0.2) is 10.1 Å². The van der Waals surface area contributed by atoms with Crippen molar-refractivity contribution in [3.05, 3.63) is 131 Å². The van der Waals surface area contributed by atoms with Crippen LogP contribution in [0.25, 0.3) is 11.3 Å². The molecule has 0 amide bonds. The van der Waals surface area contributed by atoms with Crippen molar-refractivity contribution < 1.29 is 9.15 Å². The van der Waals surface area contributed by atoms with E-state index in [9.17, 15) is 0 Å². The molecular weight excluding hydrogens is 546 g/mol. The van der Waals surface area contributed by atoms with Gasteiger partial charge in [-0.25, -0.2) is 0 Å². The molecule has 0 bridgehead atoms. The maximum Gasteiger partial charge on any atom is 0.174 e. The highest BCUT2D eigenvalue weighted by molar-refractivity contribution is 9.10. The fourth-order valence-electron chi connectivity index (χ4n) is 4.50. The second-order valence-electron chi connectivity index (χ2n) is 8.61. The summed E-state index contributed by atoms with van der Waals surface area (Å²) in [4.78, 5) is 6.71. The second-order valence-corrected chi connectivity index (χ2v) is 9.92. The van der Waals surface area contributed by atoms with Gasteiger partial charge in [0.25, 0.3) is 0 Å². The van der Waals surface area contributed by atoms with Crippen molar-refractivity contribution in [3.63, 3.8) is 0 Å². The number of benzene rings is 3. The van der Waals surface area contributed by atoms with Gasteiger partial charge in [-0.3, -0.25) is 4.98 Å². The minimum atomic E-state index is -0.229. The summed E-state index contributed by atoms with van der Waals surface area (Å²) in [5.41, 5.74) is 2.83. The Bertz CT molecular complexity index is 1510. The van der Waals surface area contributed by atoms with Gasteiger partial charge in [-0.05, 0) is 85.0 Å². The Kier molecular flexibility index (Phi) is 6.47. The Balaban J connectivity index is 1.35. The summed E-state index contributed by atoms with van der Waals surface area (Å²) in [5, 5.41) is 4.09. The van der Waals surface area contributed by atoms with E-state index in [-0.39, 0.29) is 12.1 Å². The molecule has 0 saturated carbocycles. The molecule has 6 rings (SSSR count). The summed E-state index contributed by atoms with van der Waals surface area (Å²) >= 11 is 9.34. The minimum Gasteiger partial charge on any atom is -0.459 e. The number of thiocarbonyl (C=S) groups is 1. The molecule has 0 unspecified atom stereocenters. The molecule has 0 aliphatic carbocycles. The van der Waals surface area contributed by atoms with E-state index in [1.54, 1.807) is 6.20 Å². The molecule has 1 saturated heterocycles. The van der Waals surface area contributed by atoms with Gasteiger partial charge in [0.05, 0.1) is 11.7 Å². The third kappa shape index (κ3) is 4.88. The predicted molar refractivity (Wildman–Crippen MR) is 153 cm³/mol. The monoisotopic (exact) mass is 567 g/mol. The van der Waals surface area contributed by atoms with E-state index >= 15 is 0 Å². The van der Waals surface area contributed by atoms with Gasteiger partial charge in [0, 0.05) is 21.9 Å². The molecular formula is C30H22BrN3O2S. The van der Waals surface area contributed by atoms with E-state index in [0.717, 1.165) is 44.4 Å². The lowest BCUT2D eigenvalue weighted by molar-refractivity contribution is 0.439. The summed E-state index contributed by atoms with van der Waals surface area (Å²) in [6.45, 7) is 0. The Hall–Kier alpha value is -3.94. The van der Waals surface area contributed by atoms with E-state index in [0.29, 0.717) is 5.11 Å². The summed E-state index contributed by atoms with van der Waals surface area (Å²) in [6.07, 6.45) is 1.80. The lowest BCUT2D eigenvalue weighted by atomic mass is 10.0. The number of halogens is 1. The van der Waals surface area contributed by atoms with Crippen molar-refractivity contribution in [3.8, 4) is 22.8 Å². The Morgan fingerprint density at radius 2 is 1.54 bits per heavy atom. The van der Waals surface area contributed by atoms with Crippen molar-refractivity contribution in [2.45, 2.75) is 12.1 Å². The van der Waals surface area contributed by atoms with Crippen LogP contribution < -0.4 is 15.0 Å². The highest BCUT2D eigenvalue weighted by Gasteiger charge is 2.42. The number of ether oxygens (including phenoxy) is 1. The number of pyridine rings is 1. The molecule has 0 radical (unpaired) electrons. The van der Waals surface area contributed by atoms with Crippen LogP contribution in [0.3, 0.4) is 0 Å². The van der Waals surface area contributed by atoms with Gasteiger partial charge >= 0.3 is 0 Å². The largest absolute Gasteiger partial charge is 0.459 e. The summed E-state index contributed by atoms with van der Waals surface area (Å²) in [7, 11) is 0. The normalized spacial score (nSPS) is 17.0. The lowest BCUT2D eigenvalue weighted by Crippen LogP contribution is -2.29. The van der Waals surface area contributed by atoms with Crippen LogP contribution in [0.1, 0.15) is 23.5 Å². The molecule has 7 heteroatoms. The molecule has 3 aromatic carbocycles. The third-order valence-electron chi connectivity index (χ3n) is 6.24. The van der Waals surface area contributed by atoms with Gasteiger partial charge in [-0.1, -0.05) is 52.3 Å². The molecule has 2 aromatic heterocycles. The zero-order chi connectivity index (χ0) is 25.2. The molecule has 5 aromatic rings. The van der Waals surface area contributed by atoms with Gasteiger partial charge in [-0.15, -0.1) is 0 Å². The number of hydrogen-bond acceptors (Lipinski definition) is 4. The molecule has 2 atom stereocenters. The van der Waals surface area contributed by atoms with Gasteiger partial charge in [0.1, 0.15) is 29.1 Å². The summed E-state index contributed by atoms with van der Waals surface area (Å²) in [6, 6.07) is 35.2. The third-order valence-corrected chi connectivity index (χ3v) is 7.08. The number of hydrogen-bond donors (Lipinski definition) is 1. The molecule has 1 aliphatic rings. The summed E-state index contributed by atoms with van der Waals surface area (Å²) < 4.78 is 13.4. The Morgan fingerprint density at radius 1 is 0.811 bits per heavy atom. The van der Waals surface area contributed by atoms with Crippen molar-refractivity contribution in [2.75, 3.05) is 4.90 Å². The highest BCUT2D eigenvalue weighted by Crippen LogP contribution is 2.43. The maximum absolute atomic E-state index is 6.44. The van der Waals surface area contributed by atoms with Crippen LogP contribution in [0.4, 0.5) is 5.69 Å². The highest BCUT2D eigenvalue weighted by atomic mass is 79.9. The average Bonchev–Trinajstić information content (AvgIpc) is 3.55. The standard InChI is InChI=1S/C30H22BrN3O2S/c31-21-11-9-20(10-12-21)26-17-18-27(36-26)29-28(25-8-4-5-19-32-25)33-30(37)34(29)22-13-15-24(16-14-22)35-23-6-2-1-3-7-23/h1-19,28-29H,(H,33,37)/t28-,29-/m1/s1. The Morgan fingerprint density at radius 3 is 2.27 bits per heavy atom. The number of rotatable bonds is 6. The average molecular weight is 568 g/mol. The Labute approximate surface area is 228 Å². The second kappa shape index (κ2) is 10.2. The molecule has 1 fully saturated rings. The van der Waals surface area contributed by atoms with Crippen LogP contribution in [-0.2, 0) is 0 Å². The van der Waals surface area contributed by atoms with Crippen LogP contribution in [0.2, 0.25) is 0 Å². The number of nitrogens with one attached hydrogen (secondary N) is 1. The molecule has 1 N–H and O–H groups in total. The van der Waals surface area contributed by atoms with E-state index < -0.39 is 0 Å². The first kappa shape index (κ1) is 23.5. The topological polar surface area (TPSA) is 50.5 Å². The van der Waals surface area contributed by atoms with Crippen molar-refractivity contribution in [1.29, 1.82) is 0 Å². The molecule has 0 spiro atoms. The van der Waals surface area contributed by atoms with Crippen LogP contribution in [0.5, 0.6) is 11.5 Å².